The van der Waals surface area contributed by atoms with Crippen molar-refractivity contribution in [2.75, 3.05) is 32.6 Å². The van der Waals surface area contributed by atoms with Gasteiger partial charge in [-0.1, -0.05) is 18.2 Å². The van der Waals surface area contributed by atoms with Crippen molar-refractivity contribution in [2.45, 2.75) is 12.8 Å². The third-order valence-electron chi connectivity index (χ3n) is 4.73. The molecule has 0 spiro atoms. The Morgan fingerprint density at radius 2 is 1.86 bits per heavy atom. The Labute approximate surface area is 171 Å². The number of para-hydroxylation sites is 1. The Morgan fingerprint density at radius 3 is 2.66 bits per heavy atom. The number of methoxy groups -OCH3 is 1. The van der Waals surface area contributed by atoms with Crippen LogP contribution < -0.4 is 10.1 Å². The fraction of sp³-hybridized carbons (Fsp3) is 0.261. The second-order valence-electron chi connectivity index (χ2n) is 6.75. The van der Waals surface area contributed by atoms with Crippen molar-refractivity contribution in [3.8, 4) is 5.75 Å². The maximum atomic E-state index is 12.7. The molecule has 150 valence electrons. The molecule has 29 heavy (non-hydrogen) atoms. The number of carbonyl (C=O) groups is 1. The van der Waals surface area contributed by atoms with Gasteiger partial charge >= 0.3 is 0 Å². The van der Waals surface area contributed by atoms with E-state index in [-0.39, 0.29) is 5.91 Å². The molecule has 3 rings (SSSR count). The lowest BCUT2D eigenvalue weighted by Crippen LogP contribution is -2.29. The number of amides is 1. The van der Waals surface area contributed by atoms with Crippen molar-refractivity contribution in [2.24, 2.45) is 0 Å². The van der Waals surface area contributed by atoms with Crippen LogP contribution >= 0.6 is 0 Å². The average molecular weight is 390 g/mol. The van der Waals surface area contributed by atoms with Crippen LogP contribution in [0.3, 0.4) is 0 Å². The highest BCUT2D eigenvalue weighted by molar-refractivity contribution is 5.93. The summed E-state index contributed by atoms with van der Waals surface area (Å²) >= 11 is 0. The summed E-state index contributed by atoms with van der Waals surface area (Å²) in [5.74, 6) is 0.795. The van der Waals surface area contributed by atoms with E-state index < -0.39 is 0 Å². The third-order valence-corrected chi connectivity index (χ3v) is 4.73. The van der Waals surface area contributed by atoms with Gasteiger partial charge < -0.3 is 15.0 Å². The molecule has 6 heteroatoms. The first-order chi connectivity index (χ1) is 14.2. The number of hydrogen-bond acceptors (Lipinski definition) is 5. The van der Waals surface area contributed by atoms with Crippen molar-refractivity contribution in [3.63, 3.8) is 0 Å². The molecule has 0 fully saturated rings. The van der Waals surface area contributed by atoms with Gasteiger partial charge in [-0.15, -0.1) is 0 Å². The highest BCUT2D eigenvalue weighted by Gasteiger charge is 2.13. The molecule has 0 aliphatic rings. The summed E-state index contributed by atoms with van der Waals surface area (Å²) < 4.78 is 5.39. The van der Waals surface area contributed by atoms with E-state index in [0.717, 1.165) is 42.0 Å². The molecule has 1 N–H and O–H groups in total. The van der Waals surface area contributed by atoms with Crippen LogP contribution in [-0.4, -0.2) is 48.0 Å². The highest BCUT2D eigenvalue weighted by Crippen LogP contribution is 2.18. The minimum atomic E-state index is -0.0903. The van der Waals surface area contributed by atoms with E-state index in [4.69, 9.17) is 4.74 Å². The topological polar surface area (TPSA) is 67.3 Å². The molecule has 0 aliphatic carbocycles. The standard InChI is InChI=1S/C23H26N4O2/c1-27(16-11-18-7-12-24-13-8-18)23(28)21-17-20(10-15-26-21)25-14-9-19-5-3-4-6-22(19)29-2/h3-8,10,12-13,15,17H,9,11,14,16H2,1-2H3,(H,25,26). The number of aromatic nitrogens is 2. The van der Waals surface area contributed by atoms with Crippen LogP contribution in [0.2, 0.25) is 0 Å². The first-order valence-electron chi connectivity index (χ1n) is 9.63. The number of rotatable bonds is 9. The van der Waals surface area contributed by atoms with Crippen molar-refractivity contribution in [3.05, 3.63) is 83.9 Å². The molecule has 0 atom stereocenters. The number of hydrogen-bond donors (Lipinski definition) is 1. The normalized spacial score (nSPS) is 10.4. The Hall–Kier alpha value is -3.41. The summed E-state index contributed by atoms with van der Waals surface area (Å²) in [4.78, 5) is 22.7. The maximum Gasteiger partial charge on any atom is 0.272 e. The second kappa shape index (κ2) is 10.2. The van der Waals surface area contributed by atoms with E-state index in [2.05, 4.69) is 21.4 Å². The predicted molar refractivity (Wildman–Crippen MR) is 114 cm³/mol. The van der Waals surface area contributed by atoms with Gasteiger partial charge in [0, 0.05) is 44.4 Å². The van der Waals surface area contributed by atoms with Crippen LogP contribution in [0.15, 0.2) is 67.1 Å². The van der Waals surface area contributed by atoms with Crippen molar-refractivity contribution in [1.82, 2.24) is 14.9 Å². The minimum Gasteiger partial charge on any atom is -0.496 e. The van der Waals surface area contributed by atoms with E-state index in [1.54, 1.807) is 43.7 Å². The van der Waals surface area contributed by atoms with Crippen LogP contribution in [0.4, 0.5) is 5.69 Å². The minimum absolute atomic E-state index is 0.0903. The molecule has 2 heterocycles. The van der Waals surface area contributed by atoms with E-state index in [1.807, 2.05) is 36.4 Å². The van der Waals surface area contributed by atoms with E-state index in [0.29, 0.717) is 12.2 Å². The van der Waals surface area contributed by atoms with Gasteiger partial charge in [0.05, 0.1) is 7.11 Å². The lowest BCUT2D eigenvalue weighted by molar-refractivity contribution is 0.0791. The summed E-state index contributed by atoms with van der Waals surface area (Å²) in [6.45, 7) is 1.35. The quantitative estimate of drug-likeness (QED) is 0.606. The monoisotopic (exact) mass is 390 g/mol. The van der Waals surface area contributed by atoms with Gasteiger partial charge in [-0.3, -0.25) is 14.8 Å². The summed E-state index contributed by atoms with van der Waals surface area (Å²) in [5.41, 5.74) is 3.60. The van der Waals surface area contributed by atoms with Gasteiger partial charge in [0.1, 0.15) is 11.4 Å². The number of ether oxygens (including phenoxy) is 1. The van der Waals surface area contributed by atoms with Gasteiger partial charge in [0.2, 0.25) is 0 Å². The van der Waals surface area contributed by atoms with Crippen molar-refractivity contribution in [1.29, 1.82) is 0 Å². The average Bonchev–Trinajstić information content (AvgIpc) is 2.78. The fourth-order valence-corrected chi connectivity index (χ4v) is 3.05. The molecule has 1 amide bonds. The molecular formula is C23H26N4O2. The lowest BCUT2D eigenvalue weighted by atomic mass is 10.1. The summed E-state index contributed by atoms with van der Waals surface area (Å²) in [5, 5.41) is 3.36. The van der Waals surface area contributed by atoms with Crippen molar-refractivity contribution < 1.29 is 9.53 Å². The maximum absolute atomic E-state index is 12.7. The summed E-state index contributed by atoms with van der Waals surface area (Å²) in [6.07, 6.45) is 6.79. The molecule has 0 saturated carbocycles. The molecule has 0 unspecified atom stereocenters. The first kappa shape index (κ1) is 20.3. The molecular weight excluding hydrogens is 364 g/mol. The molecule has 0 radical (unpaired) electrons. The number of carbonyl (C=O) groups excluding carboxylic acids is 1. The Kier molecular flexibility index (Phi) is 7.16. The van der Waals surface area contributed by atoms with Crippen LogP contribution in [0.1, 0.15) is 21.6 Å². The Balaban J connectivity index is 1.54. The zero-order chi connectivity index (χ0) is 20.5. The molecule has 6 nitrogen and oxygen atoms in total. The molecule has 0 bridgehead atoms. The molecule has 0 aliphatic heterocycles. The van der Waals surface area contributed by atoms with Gasteiger partial charge in [0.15, 0.2) is 0 Å². The molecule has 2 aromatic heterocycles. The smallest absolute Gasteiger partial charge is 0.272 e. The first-order valence-corrected chi connectivity index (χ1v) is 9.63. The number of pyridine rings is 2. The zero-order valence-corrected chi connectivity index (χ0v) is 16.8. The molecule has 0 saturated heterocycles. The summed E-state index contributed by atoms with van der Waals surface area (Å²) in [7, 11) is 3.48. The SMILES string of the molecule is COc1ccccc1CCNc1ccnc(C(=O)N(C)CCc2ccncc2)c1. The third kappa shape index (κ3) is 5.78. The van der Waals surface area contributed by atoms with E-state index in [1.165, 1.54) is 0 Å². The van der Waals surface area contributed by atoms with E-state index in [9.17, 15) is 4.79 Å². The summed E-state index contributed by atoms with van der Waals surface area (Å²) in [6, 6.07) is 15.6. The molecule has 1 aromatic carbocycles. The number of nitrogens with zero attached hydrogens (tertiary/aromatic N) is 3. The van der Waals surface area contributed by atoms with Gasteiger partial charge in [-0.05, 0) is 54.3 Å². The second-order valence-corrected chi connectivity index (χ2v) is 6.75. The van der Waals surface area contributed by atoms with Crippen LogP contribution in [0, 0.1) is 0 Å². The number of likely N-dealkylation sites (N-methyl/N-ethyl adjacent to an activating group) is 1. The highest BCUT2D eigenvalue weighted by atomic mass is 16.5. The Bertz CT molecular complexity index is 931. The fourth-order valence-electron chi connectivity index (χ4n) is 3.05. The lowest BCUT2D eigenvalue weighted by Gasteiger charge is -2.17. The number of benzene rings is 1. The molecule has 3 aromatic rings. The zero-order valence-electron chi connectivity index (χ0n) is 16.8. The van der Waals surface area contributed by atoms with Gasteiger partial charge in [-0.25, -0.2) is 0 Å². The number of nitrogens with one attached hydrogen (secondary N) is 1. The van der Waals surface area contributed by atoms with Gasteiger partial charge in [-0.2, -0.15) is 0 Å². The van der Waals surface area contributed by atoms with Gasteiger partial charge in [0.25, 0.3) is 5.91 Å². The van der Waals surface area contributed by atoms with Crippen LogP contribution in [0.25, 0.3) is 0 Å². The van der Waals surface area contributed by atoms with E-state index >= 15 is 0 Å². The predicted octanol–water partition coefficient (Wildman–Crippen LogP) is 3.45. The largest absolute Gasteiger partial charge is 0.496 e. The van der Waals surface area contributed by atoms with Crippen LogP contribution in [-0.2, 0) is 12.8 Å². The number of anilines is 1. The van der Waals surface area contributed by atoms with Crippen LogP contribution in [0.5, 0.6) is 5.75 Å². The van der Waals surface area contributed by atoms with Crippen molar-refractivity contribution >= 4 is 11.6 Å². The Morgan fingerprint density at radius 1 is 1.07 bits per heavy atom.